The number of alkyl carbamates (subject to hydrolysis) is 1. The lowest BCUT2D eigenvalue weighted by molar-refractivity contribution is 0.0113. The molecule has 198 valence electrons. The third-order valence-corrected chi connectivity index (χ3v) is 6.81. The predicted octanol–water partition coefficient (Wildman–Crippen LogP) is 4.59. The van der Waals surface area contributed by atoms with Crippen LogP contribution in [0.1, 0.15) is 57.1 Å². The van der Waals surface area contributed by atoms with Crippen LogP contribution in [0.5, 0.6) is 0 Å². The van der Waals surface area contributed by atoms with Crippen molar-refractivity contribution in [1.82, 2.24) is 20.9 Å². The Bertz CT molecular complexity index is 775. The third-order valence-electron chi connectivity index (χ3n) is 6.58. The van der Waals surface area contributed by atoms with Crippen molar-refractivity contribution in [3.8, 4) is 0 Å². The van der Waals surface area contributed by atoms with E-state index in [4.69, 9.17) is 16.3 Å². The molecule has 3 atom stereocenters. The Kier molecular flexibility index (Phi) is 13.2. The van der Waals surface area contributed by atoms with Gasteiger partial charge in [0.1, 0.15) is 0 Å². The highest BCUT2D eigenvalue weighted by Gasteiger charge is 2.25. The molecule has 1 unspecified atom stereocenters. The number of likely N-dealkylation sites (N-methyl/N-ethyl adjacent to an activating group) is 1. The second-order valence-corrected chi connectivity index (χ2v) is 10.0. The molecule has 0 radical (unpaired) electrons. The first-order valence-corrected chi connectivity index (χ1v) is 13.1. The number of hydrogen-bond acceptors (Lipinski definition) is 5. The molecule has 0 bridgehead atoms. The standard InChI is InChI=1S/C26H43ClN4O4/c1-19(24(21-11-8-12-22(27)16-21)35-14-13-29-26(33)34-4)18-31(3)25(32)30-23(17-28-2)15-20-9-6-5-7-10-20/h8,11-12,16,19-20,23-24,28H,5-7,9-10,13-15,17-18H2,1-4H3,(H,29,33)(H,30,32)/t19?,23-,24+/m0/s1. The van der Waals surface area contributed by atoms with E-state index in [2.05, 4.69) is 27.6 Å². The monoisotopic (exact) mass is 510 g/mol. The Morgan fingerprint density at radius 3 is 2.63 bits per heavy atom. The molecule has 1 aromatic rings. The lowest BCUT2D eigenvalue weighted by atomic mass is 9.85. The molecule has 1 aromatic carbocycles. The van der Waals surface area contributed by atoms with E-state index in [1.807, 2.05) is 38.4 Å². The fraction of sp³-hybridized carbons (Fsp3) is 0.692. The van der Waals surface area contributed by atoms with E-state index in [1.54, 1.807) is 4.90 Å². The van der Waals surface area contributed by atoms with Gasteiger partial charge in [-0.2, -0.15) is 0 Å². The number of amides is 3. The van der Waals surface area contributed by atoms with Gasteiger partial charge >= 0.3 is 12.1 Å². The summed E-state index contributed by atoms with van der Waals surface area (Å²) in [4.78, 5) is 26.1. The zero-order chi connectivity index (χ0) is 25.6. The number of carbonyl (C=O) groups is 2. The summed E-state index contributed by atoms with van der Waals surface area (Å²) in [5.41, 5.74) is 0.933. The molecule has 0 spiro atoms. The second kappa shape index (κ2) is 15.9. The highest BCUT2D eigenvalue weighted by Crippen LogP contribution is 2.29. The number of urea groups is 1. The molecular weight excluding hydrogens is 468 g/mol. The quantitative estimate of drug-likeness (QED) is 0.337. The number of ether oxygens (including phenoxy) is 2. The lowest BCUT2D eigenvalue weighted by Crippen LogP contribution is -2.48. The van der Waals surface area contributed by atoms with Crippen LogP contribution in [-0.2, 0) is 9.47 Å². The average molecular weight is 511 g/mol. The van der Waals surface area contributed by atoms with Gasteiger partial charge in [0.05, 0.1) is 19.8 Å². The molecular formula is C26H43ClN4O4. The maximum absolute atomic E-state index is 13.1. The van der Waals surface area contributed by atoms with Crippen molar-refractivity contribution in [2.45, 2.75) is 57.6 Å². The first-order valence-electron chi connectivity index (χ1n) is 12.7. The van der Waals surface area contributed by atoms with Crippen molar-refractivity contribution in [3.63, 3.8) is 0 Å². The fourth-order valence-electron chi connectivity index (χ4n) is 4.84. The van der Waals surface area contributed by atoms with Gasteiger partial charge < -0.3 is 30.3 Å². The van der Waals surface area contributed by atoms with E-state index in [0.717, 1.165) is 18.5 Å². The Labute approximate surface area is 215 Å². The zero-order valence-electron chi connectivity index (χ0n) is 21.6. The Balaban J connectivity index is 1.96. The van der Waals surface area contributed by atoms with Crippen LogP contribution in [0.2, 0.25) is 5.02 Å². The lowest BCUT2D eigenvalue weighted by Gasteiger charge is -2.31. The van der Waals surface area contributed by atoms with E-state index in [-0.39, 0.29) is 24.1 Å². The number of benzene rings is 1. The molecule has 1 fully saturated rings. The fourth-order valence-corrected chi connectivity index (χ4v) is 5.04. The largest absolute Gasteiger partial charge is 0.453 e. The molecule has 3 N–H and O–H groups in total. The van der Waals surface area contributed by atoms with Crippen molar-refractivity contribution in [2.75, 3.05) is 47.4 Å². The molecule has 1 saturated carbocycles. The number of hydrogen-bond donors (Lipinski definition) is 3. The van der Waals surface area contributed by atoms with E-state index in [9.17, 15) is 9.59 Å². The minimum absolute atomic E-state index is 0.0107. The van der Waals surface area contributed by atoms with Crippen LogP contribution < -0.4 is 16.0 Å². The van der Waals surface area contributed by atoms with Gasteiger partial charge in [0.25, 0.3) is 0 Å². The maximum atomic E-state index is 13.1. The van der Waals surface area contributed by atoms with Crippen LogP contribution in [0.15, 0.2) is 24.3 Å². The number of halogens is 1. The summed E-state index contributed by atoms with van der Waals surface area (Å²) in [5.74, 6) is 0.675. The topological polar surface area (TPSA) is 91.9 Å². The van der Waals surface area contributed by atoms with Gasteiger partial charge in [0, 0.05) is 43.7 Å². The molecule has 0 aromatic heterocycles. The summed E-state index contributed by atoms with van der Waals surface area (Å²) >= 11 is 6.23. The van der Waals surface area contributed by atoms with Crippen molar-refractivity contribution >= 4 is 23.7 Å². The van der Waals surface area contributed by atoms with Gasteiger partial charge in [-0.3, -0.25) is 0 Å². The highest BCUT2D eigenvalue weighted by molar-refractivity contribution is 6.30. The molecule has 0 heterocycles. The highest BCUT2D eigenvalue weighted by atomic mass is 35.5. The van der Waals surface area contributed by atoms with Crippen LogP contribution in [0, 0.1) is 11.8 Å². The number of methoxy groups -OCH3 is 1. The van der Waals surface area contributed by atoms with E-state index >= 15 is 0 Å². The van der Waals surface area contributed by atoms with Crippen LogP contribution in [0.25, 0.3) is 0 Å². The van der Waals surface area contributed by atoms with Gasteiger partial charge in [-0.25, -0.2) is 9.59 Å². The second-order valence-electron chi connectivity index (χ2n) is 9.57. The number of nitrogens with zero attached hydrogens (tertiary/aromatic N) is 1. The minimum Gasteiger partial charge on any atom is -0.453 e. The Morgan fingerprint density at radius 1 is 1.23 bits per heavy atom. The van der Waals surface area contributed by atoms with Crippen molar-refractivity contribution < 1.29 is 19.1 Å². The maximum Gasteiger partial charge on any atom is 0.406 e. The Hall–Kier alpha value is -2.03. The van der Waals surface area contributed by atoms with Gasteiger partial charge in [0.15, 0.2) is 0 Å². The van der Waals surface area contributed by atoms with Crippen molar-refractivity contribution in [2.24, 2.45) is 11.8 Å². The first kappa shape index (κ1) is 29.2. The number of carbonyl (C=O) groups excluding carboxylic acids is 2. The summed E-state index contributed by atoms with van der Waals surface area (Å²) < 4.78 is 10.7. The van der Waals surface area contributed by atoms with Crippen LogP contribution in [-0.4, -0.2) is 70.5 Å². The molecule has 35 heavy (non-hydrogen) atoms. The van der Waals surface area contributed by atoms with Crippen LogP contribution in [0.3, 0.4) is 0 Å². The van der Waals surface area contributed by atoms with E-state index < -0.39 is 6.09 Å². The number of nitrogens with one attached hydrogen (secondary N) is 3. The summed E-state index contributed by atoms with van der Waals surface area (Å²) in [6.45, 7) is 3.93. The molecule has 1 aliphatic rings. The molecule has 2 rings (SSSR count). The normalized spacial score (nSPS) is 16.7. The van der Waals surface area contributed by atoms with Crippen molar-refractivity contribution in [1.29, 1.82) is 0 Å². The van der Waals surface area contributed by atoms with Gasteiger partial charge in [-0.15, -0.1) is 0 Å². The van der Waals surface area contributed by atoms with Gasteiger partial charge in [-0.1, -0.05) is 62.8 Å². The summed E-state index contributed by atoms with van der Waals surface area (Å²) in [6.07, 6.45) is 6.65. The average Bonchev–Trinajstić information content (AvgIpc) is 2.84. The summed E-state index contributed by atoms with van der Waals surface area (Å²) in [5, 5.41) is 9.70. The van der Waals surface area contributed by atoms with Crippen LogP contribution in [0.4, 0.5) is 9.59 Å². The zero-order valence-corrected chi connectivity index (χ0v) is 22.4. The van der Waals surface area contributed by atoms with E-state index in [1.165, 1.54) is 39.2 Å². The SMILES string of the molecule is CNC[C@H](CC1CCCCC1)NC(=O)N(C)CC(C)[C@@H](OCCNC(=O)OC)c1cccc(Cl)c1. The molecule has 0 aliphatic heterocycles. The van der Waals surface area contributed by atoms with Crippen molar-refractivity contribution in [3.05, 3.63) is 34.9 Å². The molecule has 9 heteroatoms. The van der Waals surface area contributed by atoms with Gasteiger partial charge in [0.2, 0.25) is 0 Å². The number of rotatable bonds is 13. The predicted molar refractivity (Wildman–Crippen MR) is 140 cm³/mol. The summed E-state index contributed by atoms with van der Waals surface area (Å²) in [6, 6.07) is 7.58. The smallest absolute Gasteiger partial charge is 0.406 e. The first-order chi connectivity index (χ1) is 16.8. The van der Waals surface area contributed by atoms with E-state index in [0.29, 0.717) is 30.6 Å². The molecule has 1 aliphatic carbocycles. The molecule has 3 amide bonds. The molecule has 0 saturated heterocycles. The minimum atomic E-state index is -0.498. The Morgan fingerprint density at radius 2 is 1.97 bits per heavy atom. The van der Waals surface area contributed by atoms with Crippen LogP contribution >= 0.6 is 11.6 Å². The third kappa shape index (κ3) is 10.6. The summed E-state index contributed by atoms with van der Waals surface area (Å²) in [7, 11) is 5.06. The molecule has 8 nitrogen and oxygen atoms in total. The van der Waals surface area contributed by atoms with Gasteiger partial charge in [-0.05, 0) is 37.1 Å².